The average molecular weight is 243 g/mol. The maximum absolute atomic E-state index is 4.48. The van der Waals surface area contributed by atoms with Gasteiger partial charge in [-0.1, -0.05) is 34.1 Å². The normalized spacial score (nSPS) is 23.6. The standard InChI is InChI=1S/C14H29NS/c1-5-14(4)6-8-15(9-7-14)10-13(11-16)12(2)3/h12-13,16H,5-11H2,1-4H3. The van der Waals surface area contributed by atoms with E-state index in [4.69, 9.17) is 0 Å². The van der Waals surface area contributed by atoms with E-state index in [9.17, 15) is 0 Å². The smallest absolute Gasteiger partial charge is 0.00199 e. The molecule has 0 spiro atoms. The molecular weight excluding hydrogens is 214 g/mol. The Hall–Kier alpha value is 0.310. The molecule has 0 aromatic rings. The highest BCUT2D eigenvalue weighted by Gasteiger charge is 2.29. The van der Waals surface area contributed by atoms with Gasteiger partial charge >= 0.3 is 0 Å². The Morgan fingerprint density at radius 3 is 2.19 bits per heavy atom. The second-order valence-electron chi connectivity index (χ2n) is 6.15. The minimum atomic E-state index is 0.616. The predicted octanol–water partition coefficient (Wildman–Crippen LogP) is 3.70. The Bertz CT molecular complexity index is 195. The molecule has 0 saturated carbocycles. The number of rotatable bonds is 5. The first-order valence-corrected chi connectivity index (χ1v) is 7.47. The van der Waals surface area contributed by atoms with Crippen LogP contribution in [0.25, 0.3) is 0 Å². The van der Waals surface area contributed by atoms with Crippen LogP contribution in [0, 0.1) is 17.3 Å². The Labute approximate surface area is 107 Å². The van der Waals surface area contributed by atoms with Crippen molar-refractivity contribution in [3.63, 3.8) is 0 Å². The second kappa shape index (κ2) is 6.30. The van der Waals surface area contributed by atoms with Crippen LogP contribution in [0.15, 0.2) is 0 Å². The molecule has 0 aliphatic carbocycles. The topological polar surface area (TPSA) is 3.24 Å². The number of piperidine rings is 1. The van der Waals surface area contributed by atoms with Crippen molar-refractivity contribution in [2.75, 3.05) is 25.4 Å². The van der Waals surface area contributed by atoms with Crippen molar-refractivity contribution in [2.24, 2.45) is 17.3 Å². The molecule has 1 saturated heterocycles. The van der Waals surface area contributed by atoms with Gasteiger partial charge in [0.05, 0.1) is 0 Å². The van der Waals surface area contributed by atoms with Gasteiger partial charge in [-0.2, -0.15) is 12.6 Å². The van der Waals surface area contributed by atoms with E-state index in [2.05, 4.69) is 45.2 Å². The monoisotopic (exact) mass is 243 g/mol. The lowest BCUT2D eigenvalue weighted by Gasteiger charge is -2.40. The number of likely N-dealkylation sites (tertiary alicyclic amines) is 1. The summed E-state index contributed by atoms with van der Waals surface area (Å²) in [6.45, 7) is 13.3. The summed E-state index contributed by atoms with van der Waals surface area (Å²) < 4.78 is 0. The molecular formula is C14H29NS. The van der Waals surface area contributed by atoms with Gasteiger partial charge in [-0.05, 0) is 48.9 Å². The SMILES string of the molecule is CCC1(C)CCN(CC(CS)C(C)C)CC1. The van der Waals surface area contributed by atoms with Crippen LogP contribution in [0.3, 0.4) is 0 Å². The molecule has 16 heavy (non-hydrogen) atoms. The molecule has 1 aliphatic rings. The molecule has 0 radical (unpaired) electrons. The summed E-state index contributed by atoms with van der Waals surface area (Å²) in [4.78, 5) is 2.65. The molecule has 1 nitrogen and oxygen atoms in total. The van der Waals surface area contributed by atoms with E-state index in [0.29, 0.717) is 5.41 Å². The van der Waals surface area contributed by atoms with Crippen molar-refractivity contribution >= 4 is 12.6 Å². The number of hydrogen-bond acceptors (Lipinski definition) is 2. The third-order valence-electron chi connectivity index (χ3n) is 4.59. The van der Waals surface area contributed by atoms with Gasteiger partial charge in [-0.3, -0.25) is 0 Å². The zero-order chi connectivity index (χ0) is 12.2. The van der Waals surface area contributed by atoms with Crippen LogP contribution in [0.1, 0.15) is 47.0 Å². The van der Waals surface area contributed by atoms with E-state index in [-0.39, 0.29) is 0 Å². The van der Waals surface area contributed by atoms with Gasteiger partial charge < -0.3 is 4.90 Å². The lowest BCUT2D eigenvalue weighted by molar-refractivity contribution is 0.0975. The molecule has 0 amide bonds. The summed E-state index contributed by atoms with van der Waals surface area (Å²) in [7, 11) is 0. The van der Waals surface area contributed by atoms with Crippen LogP contribution in [0.2, 0.25) is 0 Å². The van der Waals surface area contributed by atoms with Gasteiger partial charge in [0.25, 0.3) is 0 Å². The molecule has 0 bridgehead atoms. The summed E-state index contributed by atoms with van der Waals surface area (Å²) in [6, 6.07) is 0. The summed E-state index contributed by atoms with van der Waals surface area (Å²) in [5.41, 5.74) is 0.616. The summed E-state index contributed by atoms with van der Waals surface area (Å²) in [5, 5.41) is 0. The van der Waals surface area contributed by atoms with Gasteiger partial charge in [0.15, 0.2) is 0 Å². The van der Waals surface area contributed by atoms with Gasteiger partial charge in [0, 0.05) is 6.54 Å². The van der Waals surface area contributed by atoms with Crippen molar-refractivity contribution in [1.29, 1.82) is 0 Å². The van der Waals surface area contributed by atoms with Crippen molar-refractivity contribution < 1.29 is 0 Å². The Morgan fingerprint density at radius 1 is 1.25 bits per heavy atom. The Kier molecular flexibility index (Phi) is 5.66. The van der Waals surface area contributed by atoms with Crippen molar-refractivity contribution in [2.45, 2.75) is 47.0 Å². The largest absolute Gasteiger partial charge is 0.303 e. The predicted molar refractivity (Wildman–Crippen MR) is 76.3 cm³/mol. The third kappa shape index (κ3) is 3.96. The van der Waals surface area contributed by atoms with E-state index < -0.39 is 0 Å². The molecule has 1 aliphatic heterocycles. The van der Waals surface area contributed by atoms with Crippen LogP contribution in [0.5, 0.6) is 0 Å². The summed E-state index contributed by atoms with van der Waals surface area (Å²) >= 11 is 4.48. The van der Waals surface area contributed by atoms with E-state index in [1.165, 1.54) is 38.9 Å². The second-order valence-corrected chi connectivity index (χ2v) is 6.52. The number of thiol groups is 1. The fraction of sp³-hybridized carbons (Fsp3) is 1.00. The lowest BCUT2D eigenvalue weighted by Crippen LogP contribution is -2.41. The van der Waals surface area contributed by atoms with E-state index in [1.807, 2.05) is 0 Å². The molecule has 0 aromatic carbocycles. The summed E-state index contributed by atoms with van der Waals surface area (Å²) in [6.07, 6.45) is 4.09. The molecule has 1 fully saturated rings. The highest BCUT2D eigenvalue weighted by atomic mass is 32.1. The fourth-order valence-corrected chi connectivity index (χ4v) is 2.98. The fourth-order valence-electron chi connectivity index (χ4n) is 2.44. The first-order chi connectivity index (χ1) is 7.50. The Balaban J connectivity index is 2.36. The highest BCUT2D eigenvalue weighted by molar-refractivity contribution is 7.80. The van der Waals surface area contributed by atoms with Crippen LogP contribution in [-0.2, 0) is 0 Å². The maximum Gasteiger partial charge on any atom is 0.00199 e. The first-order valence-electron chi connectivity index (χ1n) is 6.84. The minimum Gasteiger partial charge on any atom is -0.303 e. The zero-order valence-corrected chi connectivity index (χ0v) is 12.4. The van der Waals surface area contributed by atoms with Gasteiger partial charge in [-0.15, -0.1) is 0 Å². The molecule has 0 N–H and O–H groups in total. The minimum absolute atomic E-state index is 0.616. The van der Waals surface area contributed by atoms with E-state index in [0.717, 1.165) is 17.6 Å². The third-order valence-corrected chi connectivity index (χ3v) is 5.06. The van der Waals surface area contributed by atoms with Gasteiger partial charge in [0.2, 0.25) is 0 Å². The molecule has 1 unspecified atom stereocenters. The van der Waals surface area contributed by atoms with Crippen molar-refractivity contribution in [3.8, 4) is 0 Å². The Morgan fingerprint density at radius 2 is 1.81 bits per heavy atom. The highest BCUT2D eigenvalue weighted by Crippen LogP contribution is 2.34. The maximum atomic E-state index is 4.48. The van der Waals surface area contributed by atoms with Crippen molar-refractivity contribution in [1.82, 2.24) is 4.90 Å². The molecule has 96 valence electrons. The van der Waals surface area contributed by atoms with Crippen molar-refractivity contribution in [3.05, 3.63) is 0 Å². The first kappa shape index (κ1) is 14.4. The molecule has 1 heterocycles. The zero-order valence-electron chi connectivity index (χ0n) is 11.5. The number of nitrogens with zero attached hydrogens (tertiary/aromatic N) is 1. The van der Waals surface area contributed by atoms with Crippen LogP contribution >= 0.6 is 12.6 Å². The summed E-state index contributed by atoms with van der Waals surface area (Å²) in [5.74, 6) is 2.55. The molecule has 2 heteroatoms. The molecule has 1 atom stereocenters. The molecule has 1 rings (SSSR count). The van der Waals surface area contributed by atoms with E-state index >= 15 is 0 Å². The van der Waals surface area contributed by atoms with Crippen LogP contribution in [0.4, 0.5) is 0 Å². The average Bonchev–Trinajstić information content (AvgIpc) is 2.28. The molecule has 0 aromatic heterocycles. The number of hydrogen-bond donors (Lipinski definition) is 1. The lowest BCUT2D eigenvalue weighted by atomic mass is 9.78. The van der Waals surface area contributed by atoms with Crippen LogP contribution in [-0.4, -0.2) is 30.3 Å². The van der Waals surface area contributed by atoms with Gasteiger partial charge in [0.1, 0.15) is 0 Å². The van der Waals surface area contributed by atoms with Crippen LogP contribution < -0.4 is 0 Å². The quantitative estimate of drug-likeness (QED) is 0.721. The van der Waals surface area contributed by atoms with Gasteiger partial charge in [-0.25, -0.2) is 0 Å². The van der Waals surface area contributed by atoms with E-state index in [1.54, 1.807) is 0 Å².